The highest BCUT2D eigenvalue weighted by Crippen LogP contribution is 2.40. The van der Waals surface area contributed by atoms with Crippen molar-refractivity contribution in [3.05, 3.63) is 107 Å². The number of hydrogen-bond acceptors (Lipinski definition) is 9. The molecule has 9 nitrogen and oxygen atoms in total. The molecular weight excluding hydrogens is 624 g/mol. The van der Waals surface area contributed by atoms with Gasteiger partial charge in [-0.1, -0.05) is 57.6 Å². The van der Waals surface area contributed by atoms with Gasteiger partial charge in [0.1, 0.15) is 17.5 Å². The minimum absolute atomic E-state index is 0.114. The van der Waals surface area contributed by atoms with Crippen molar-refractivity contribution in [1.82, 2.24) is 4.57 Å². The summed E-state index contributed by atoms with van der Waals surface area (Å²) in [7, 11) is 4.50. The lowest BCUT2D eigenvalue weighted by Crippen LogP contribution is -2.40. The Balaban J connectivity index is 1.87. The number of phenolic OH excluding ortho intramolecular Hbond substituents is 1. The van der Waals surface area contributed by atoms with Crippen molar-refractivity contribution in [3.8, 4) is 23.0 Å². The molecule has 1 atom stereocenters. The number of phenols is 1. The van der Waals surface area contributed by atoms with Crippen molar-refractivity contribution < 1.29 is 28.8 Å². The molecule has 42 heavy (non-hydrogen) atoms. The molecule has 1 aliphatic rings. The van der Waals surface area contributed by atoms with E-state index >= 15 is 0 Å². The van der Waals surface area contributed by atoms with Crippen LogP contribution in [-0.2, 0) is 9.53 Å². The number of fused-ring (bicyclic) bond motifs is 1. The van der Waals surface area contributed by atoms with Gasteiger partial charge < -0.3 is 24.1 Å². The highest BCUT2D eigenvalue weighted by atomic mass is 79.9. The average Bonchev–Trinajstić information content (AvgIpc) is 3.32. The van der Waals surface area contributed by atoms with Crippen LogP contribution in [0.5, 0.6) is 23.0 Å². The zero-order valence-electron chi connectivity index (χ0n) is 23.2. The van der Waals surface area contributed by atoms with Crippen LogP contribution in [0.3, 0.4) is 0 Å². The first kappa shape index (κ1) is 29.2. The molecule has 1 aliphatic heterocycles. The molecule has 0 bridgehead atoms. The van der Waals surface area contributed by atoms with Gasteiger partial charge in [0, 0.05) is 27.2 Å². The molecule has 2 heterocycles. The van der Waals surface area contributed by atoms with Gasteiger partial charge in [0.15, 0.2) is 16.3 Å². The summed E-state index contributed by atoms with van der Waals surface area (Å²) >= 11 is 4.56. The Morgan fingerprint density at radius 3 is 2.45 bits per heavy atom. The van der Waals surface area contributed by atoms with Crippen LogP contribution in [0, 0.1) is 0 Å². The van der Waals surface area contributed by atoms with E-state index in [-0.39, 0.29) is 23.7 Å². The SMILES string of the molecule is CCOC(=O)C1=C(c2ccccc2)N=c2s/c(=C\c3cc(Br)cc(OC)c3O)c(=O)n2[C@@H]1c1ccc(OC)cc1OC. The summed E-state index contributed by atoms with van der Waals surface area (Å²) in [5, 5.41) is 10.8. The van der Waals surface area contributed by atoms with Gasteiger partial charge in [-0.3, -0.25) is 9.36 Å². The van der Waals surface area contributed by atoms with Gasteiger partial charge in [-0.05, 0) is 37.3 Å². The number of rotatable bonds is 8. The van der Waals surface area contributed by atoms with E-state index < -0.39 is 17.6 Å². The van der Waals surface area contributed by atoms with E-state index in [0.717, 1.165) is 11.3 Å². The summed E-state index contributed by atoms with van der Waals surface area (Å²) < 4.78 is 24.3. The molecule has 0 spiro atoms. The van der Waals surface area contributed by atoms with Gasteiger partial charge in [0.05, 0.1) is 43.7 Å². The molecule has 11 heteroatoms. The molecular formula is C31H27BrN2O7S. The molecule has 5 rings (SSSR count). The van der Waals surface area contributed by atoms with E-state index in [1.807, 2.05) is 30.3 Å². The van der Waals surface area contributed by atoms with Crippen LogP contribution in [0.15, 0.2) is 80.5 Å². The Kier molecular flexibility index (Phi) is 8.51. The summed E-state index contributed by atoms with van der Waals surface area (Å²) in [4.78, 5) is 33.0. The normalized spacial score (nSPS) is 14.7. The number of aromatic nitrogens is 1. The standard InChI is InChI=1S/C31H27BrN2O7S/c1-5-41-30(37)25-26(17-9-7-6-8-10-17)33-31-34(27(25)21-12-11-20(38-2)16-22(21)39-3)29(36)24(42-31)14-18-13-19(32)15-23(40-4)28(18)35/h6-16,27,35H,5H2,1-4H3/b24-14-/t27-/m1/s1. The van der Waals surface area contributed by atoms with E-state index in [0.29, 0.717) is 47.7 Å². The largest absolute Gasteiger partial charge is 0.504 e. The second-order valence-electron chi connectivity index (χ2n) is 9.09. The van der Waals surface area contributed by atoms with Crippen molar-refractivity contribution >= 4 is 45.0 Å². The van der Waals surface area contributed by atoms with Crippen LogP contribution in [0.25, 0.3) is 11.8 Å². The summed E-state index contributed by atoms with van der Waals surface area (Å²) in [6.45, 7) is 1.85. The summed E-state index contributed by atoms with van der Waals surface area (Å²) in [6, 6.07) is 16.8. The smallest absolute Gasteiger partial charge is 0.338 e. The Morgan fingerprint density at radius 1 is 1.05 bits per heavy atom. The number of thiazole rings is 1. The predicted molar refractivity (Wildman–Crippen MR) is 163 cm³/mol. The first-order valence-electron chi connectivity index (χ1n) is 12.9. The maximum absolute atomic E-state index is 14.2. The third-order valence-electron chi connectivity index (χ3n) is 6.68. The molecule has 0 unspecified atom stereocenters. The second-order valence-corrected chi connectivity index (χ2v) is 11.0. The van der Waals surface area contributed by atoms with E-state index in [9.17, 15) is 14.7 Å². The van der Waals surface area contributed by atoms with E-state index in [1.165, 1.54) is 18.8 Å². The number of benzene rings is 3. The lowest BCUT2D eigenvalue weighted by Gasteiger charge is -2.27. The van der Waals surface area contributed by atoms with E-state index in [2.05, 4.69) is 15.9 Å². The Labute approximate surface area is 253 Å². The third kappa shape index (κ3) is 5.33. The fourth-order valence-corrected chi connectivity index (χ4v) is 6.23. The summed E-state index contributed by atoms with van der Waals surface area (Å²) in [6.07, 6.45) is 1.57. The monoisotopic (exact) mass is 650 g/mol. The molecule has 1 aromatic heterocycles. The highest BCUT2D eigenvalue weighted by Gasteiger charge is 2.37. The first-order valence-corrected chi connectivity index (χ1v) is 14.5. The number of carbonyl (C=O) groups excluding carboxylic acids is 1. The van der Waals surface area contributed by atoms with Gasteiger partial charge in [-0.25, -0.2) is 9.79 Å². The maximum Gasteiger partial charge on any atom is 0.338 e. The topological polar surface area (TPSA) is 109 Å². The molecule has 0 radical (unpaired) electrons. The van der Waals surface area contributed by atoms with Crippen molar-refractivity contribution in [2.24, 2.45) is 4.99 Å². The Hall–Kier alpha value is -4.35. The van der Waals surface area contributed by atoms with E-state index in [4.69, 9.17) is 23.9 Å². The average molecular weight is 652 g/mol. The molecule has 0 saturated heterocycles. The van der Waals surface area contributed by atoms with E-state index in [1.54, 1.807) is 50.4 Å². The fraction of sp³-hybridized carbons (Fsp3) is 0.194. The third-order valence-corrected chi connectivity index (χ3v) is 8.13. The molecule has 216 valence electrons. The van der Waals surface area contributed by atoms with Gasteiger partial charge in [0.25, 0.3) is 5.56 Å². The molecule has 0 aliphatic carbocycles. The van der Waals surface area contributed by atoms with Crippen molar-refractivity contribution in [2.45, 2.75) is 13.0 Å². The maximum atomic E-state index is 14.2. The number of carbonyl (C=O) groups is 1. The van der Waals surface area contributed by atoms with Gasteiger partial charge >= 0.3 is 5.97 Å². The molecule has 1 N–H and O–H groups in total. The van der Waals surface area contributed by atoms with Gasteiger partial charge in [-0.15, -0.1) is 0 Å². The zero-order valence-corrected chi connectivity index (χ0v) is 25.6. The van der Waals surface area contributed by atoms with Crippen LogP contribution in [0.1, 0.15) is 29.7 Å². The van der Waals surface area contributed by atoms with Crippen LogP contribution in [-0.4, -0.2) is 43.6 Å². The van der Waals surface area contributed by atoms with Gasteiger partial charge in [-0.2, -0.15) is 0 Å². The zero-order chi connectivity index (χ0) is 30.0. The molecule has 0 saturated carbocycles. The van der Waals surface area contributed by atoms with Crippen LogP contribution in [0.4, 0.5) is 0 Å². The molecule has 4 aromatic rings. The quantitative estimate of drug-likeness (QED) is 0.281. The Bertz CT molecular complexity index is 1880. The number of halogens is 1. The minimum atomic E-state index is -0.941. The molecule has 3 aromatic carbocycles. The molecule has 0 amide bonds. The number of nitrogens with zero attached hydrogens (tertiary/aromatic N) is 2. The molecule has 0 fully saturated rings. The Morgan fingerprint density at radius 2 is 1.79 bits per heavy atom. The van der Waals surface area contributed by atoms with Crippen LogP contribution in [0.2, 0.25) is 0 Å². The highest BCUT2D eigenvalue weighted by molar-refractivity contribution is 9.10. The summed E-state index contributed by atoms with van der Waals surface area (Å²) in [5.41, 5.74) is 1.77. The van der Waals surface area contributed by atoms with Gasteiger partial charge in [0.2, 0.25) is 0 Å². The predicted octanol–water partition coefficient (Wildman–Crippen LogP) is 4.43. The lowest BCUT2D eigenvalue weighted by molar-refractivity contribution is -0.138. The number of hydrogen-bond donors (Lipinski definition) is 1. The van der Waals surface area contributed by atoms with Crippen molar-refractivity contribution in [1.29, 1.82) is 0 Å². The number of esters is 1. The summed E-state index contributed by atoms with van der Waals surface area (Å²) in [5.74, 6) is 0.496. The van der Waals surface area contributed by atoms with Crippen molar-refractivity contribution in [2.75, 3.05) is 27.9 Å². The fourth-order valence-electron chi connectivity index (χ4n) is 4.78. The number of ether oxygens (including phenoxy) is 4. The second kappa shape index (κ2) is 12.3. The lowest BCUT2D eigenvalue weighted by atomic mass is 9.92. The number of methoxy groups -OCH3 is 3. The van der Waals surface area contributed by atoms with Crippen LogP contribution < -0.4 is 29.1 Å². The minimum Gasteiger partial charge on any atom is -0.504 e. The van der Waals surface area contributed by atoms with Crippen molar-refractivity contribution in [3.63, 3.8) is 0 Å². The number of aromatic hydroxyl groups is 1. The first-order chi connectivity index (χ1) is 20.3. The van der Waals surface area contributed by atoms with Crippen LogP contribution >= 0.6 is 27.3 Å².